The first kappa shape index (κ1) is 12.3. The lowest BCUT2D eigenvalue weighted by atomic mass is 10.2. The molecule has 0 saturated carbocycles. The van der Waals surface area contributed by atoms with Crippen molar-refractivity contribution in [3.8, 4) is 0 Å². The van der Waals surface area contributed by atoms with Gasteiger partial charge in [-0.15, -0.1) is 11.8 Å². The first-order chi connectivity index (χ1) is 8.15. The average Bonchev–Trinajstić information content (AvgIpc) is 2.30. The summed E-state index contributed by atoms with van der Waals surface area (Å²) in [6.45, 7) is 0. The smallest absolute Gasteiger partial charge is 0.125 e. The number of halogens is 2. The third-order valence-electron chi connectivity index (χ3n) is 2.32. The molecule has 0 aliphatic heterocycles. The lowest BCUT2D eigenvalue weighted by Crippen LogP contribution is -1.93. The summed E-state index contributed by atoms with van der Waals surface area (Å²) in [4.78, 5) is 1.11. The second-order valence-electron chi connectivity index (χ2n) is 3.59. The van der Waals surface area contributed by atoms with Gasteiger partial charge in [0.15, 0.2) is 0 Å². The van der Waals surface area contributed by atoms with Crippen LogP contribution in [0, 0.1) is 5.82 Å². The van der Waals surface area contributed by atoms with Gasteiger partial charge in [0.05, 0.1) is 0 Å². The van der Waals surface area contributed by atoms with Crippen LogP contribution in [0.1, 0.15) is 5.56 Å². The molecule has 0 aliphatic carbocycles. The van der Waals surface area contributed by atoms with Crippen molar-refractivity contribution in [1.82, 2.24) is 0 Å². The van der Waals surface area contributed by atoms with Gasteiger partial charge < -0.3 is 5.73 Å². The molecule has 0 aliphatic rings. The topological polar surface area (TPSA) is 26.0 Å². The fourth-order valence-corrected chi connectivity index (χ4v) is 2.43. The zero-order valence-corrected chi connectivity index (χ0v) is 10.6. The summed E-state index contributed by atoms with van der Waals surface area (Å²) in [5, 5.41) is 0.718. The highest BCUT2D eigenvalue weighted by Crippen LogP contribution is 2.26. The van der Waals surface area contributed by atoms with Crippen molar-refractivity contribution >= 4 is 29.1 Å². The van der Waals surface area contributed by atoms with Gasteiger partial charge in [0.1, 0.15) is 5.82 Å². The van der Waals surface area contributed by atoms with Gasteiger partial charge in [-0.25, -0.2) is 4.39 Å². The Labute approximate surface area is 109 Å². The number of hydrogen-bond donors (Lipinski definition) is 1. The summed E-state index contributed by atoms with van der Waals surface area (Å²) in [7, 11) is 0. The van der Waals surface area contributed by atoms with E-state index in [-0.39, 0.29) is 5.82 Å². The van der Waals surface area contributed by atoms with Gasteiger partial charge in [-0.3, -0.25) is 0 Å². The maximum Gasteiger partial charge on any atom is 0.125 e. The fourth-order valence-electron chi connectivity index (χ4n) is 1.39. The lowest BCUT2D eigenvalue weighted by Gasteiger charge is -2.05. The Morgan fingerprint density at radius 1 is 1.12 bits per heavy atom. The molecule has 0 spiro atoms. The molecule has 2 aromatic rings. The summed E-state index contributed by atoms with van der Waals surface area (Å²) in [6.07, 6.45) is 0. The van der Waals surface area contributed by atoms with Crippen LogP contribution in [-0.2, 0) is 5.75 Å². The molecule has 88 valence electrons. The van der Waals surface area contributed by atoms with E-state index in [0.717, 1.165) is 15.5 Å². The van der Waals surface area contributed by atoms with Crippen molar-refractivity contribution in [3.63, 3.8) is 0 Å². The Bertz CT molecular complexity index is 513. The quantitative estimate of drug-likeness (QED) is 0.661. The molecule has 0 heterocycles. The second kappa shape index (κ2) is 5.43. The molecule has 2 N–H and O–H groups in total. The minimum Gasteiger partial charge on any atom is -0.398 e. The van der Waals surface area contributed by atoms with E-state index in [1.807, 2.05) is 24.3 Å². The van der Waals surface area contributed by atoms with Crippen LogP contribution in [0.15, 0.2) is 47.4 Å². The average molecular weight is 268 g/mol. The molecule has 1 nitrogen and oxygen atoms in total. The maximum atomic E-state index is 12.9. The summed E-state index contributed by atoms with van der Waals surface area (Å²) in [5.41, 5.74) is 7.16. The van der Waals surface area contributed by atoms with Gasteiger partial charge in [-0.1, -0.05) is 17.7 Å². The Hall–Kier alpha value is -1.19. The molecule has 2 rings (SSSR count). The van der Waals surface area contributed by atoms with Gasteiger partial charge in [0.25, 0.3) is 0 Å². The normalized spacial score (nSPS) is 10.5. The lowest BCUT2D eigenvalue weighted by molar-refractivity contribution is 0.628. The highest BCUT2D eigenvalue weighted by atomic mass is 35.5. The zero-order valence-electron chi connectivity index (χ0n) is 8.99. The summed E-state index contributed by atoms with van der Waals surface area (Å²) >= 11 is 7.44. The van der Waals surface area contributed by atoms with Crippen LogP contribution >= 0.6 is 23.4 Å². The molecule has 0 unspecified atom stereocenters. The Kier molecular flexibility index (Phi) is 3.92. The van der Waals surface area contributed by atoms with Crippen molar-refractivity contribution in [3.05, 3.63) is 58.9 Å². The van der Waals surface area contributed by atoms with Crippen LogP contribution in [0.5, 0.6) is 0 Å². The van der Waals surface area contributed by atoms with E-state index in [0.29, 0.717) is 11.4 Å². The van der Waals surface area contributed by atoms with Crippen molar-refractivity contribution in [2.45, 2.75) is 10.6 Å². The third kappa shape index (κ3) is 3.38. The van der Waals surface area contributed by atoms with Gasteiger partial charge in [-0.2, -0.15) is 0 Å². The van der Waals surface area contributed by atoms with E-state index >= 15 is 0 Å². The number of nitrogen functional groups attached to an aromatic ring is 1. The minimum absolute atomic E-state index is 0.303. The van der Waals surface area contributed by atoms with Crippen molar-refractivity contribution < 1.29 is 4.39 Å². The monoisotopic (exact) mass is 267 g/mol. The highest BCUT2D eigenvalue weighted by Gasteiger charge is 2.02. The summed E-state index contributed by atoms with van der Waals surface area (Å²) in [6, 6.07) is 12.1. The van der Waals surface area contributed by atoms with Crippen molar-refractivity contribution in [2.75, 3.05) is 5.73 Å². The van der Waals surface area contributed by atoms with Crippen LogP contribution in [0.2, 0.25) is 5.02 Å². The molecule has 0 aromatic heterocycles. The van der Waals surface area contributed by atoms with Gasteiger partial charge >= 0.3 is 0 Å². The van der Waals surface area contributed by atoms with E-state index < -0.39 is 0 Å². The minimum atomic E-state index is -0.303. The Morgan fingerprint density at radius 3 is 2.47 bits per heavy atom. The number of thioether (sulfide) groups is 1. The molecular formula is C13H11ClFNS. The van der Waals surface area contributed by atoms with Gasteiger partial charge in [-0.05, 0) is 42.0 Å². The number of hydrogen-bond acceptors (Lipinski definition) is 2. The number of benzene rings is 2. The SMILES string of the molecule is Nc1cc(F)ccc1CSc1ccc(Cl)cc1. The van der Waals surface area contributed by atoms with E-state index in [1.165, 1.54) is 12.1 Å². The molecule has 0 fully saturated rings. The first-order valence-corrected chi connectivity index (χ1v) is 6.44. The number of anilines is 1. The summed E-state index contributed by atoms with van der Waals surface area (Å²) < 4.78 is 12.9. The van der Waals surface area contributed by atoms with E-state index in [2.05, 4.69) is 0 Å². The second-order valence-corrected chi connectivity index (χ2v) is 5.07. The highest BCUT2D eigenvalue weighted by molar-refractivity contribution is 7.98. The van der Waals surface area contributed by atoms with Crippen LogP contribution in [0.25, 0.3) is 0 Å². The molecule has 0 radical (unpaired) electrons. The van der Waals surface area contributed by atoms with Crippen molar-refractivity contribution in [1.29, 1.82) is 0 Å². The first-order valence-electron chi connectivity index (χ1n) is 5.07. The predicted molar refractivity (Wildman–Crippen MR) is 71.8 cm³/mol. The molecule has 4 heteroatoms. The Morgan fingerprint density at radius 2 is 1.82 bits per heavy atom. The summed E-state index contributed by atoms with van der Waals surface area (Å²) in [5.74, 6) is 0.413. The molecular weight excluding hydrogens is 257 g/mol. The molecule has 2 aromatic carbocycles. The van der Waals surface area contributed by atoms with Gasteiger partial charge in [0, 0.05) is 21.4 Å². The molecule has 0 saturated heterocycles. The van der Waals surface area contributed by atoms with E-state index in [9.17, 15) is 4.39 Å². The zero-order chi connectivity index (χ0) is 12.3. The number of nitrogens with two attached hydrogens (primary N) is 1. The van der Waals surface area contributed by atoms with Crippen LogP contribution in [0.4, 0.5) is 10.1 Å². The number of rotatable bonds is 3. The molecule has 0 amide bonds. The molecule has 0 atom stereocenters. The third-order valence-corrected chi connectivity index (χ3v) is 3.63. The van der Waals surface area contributed by atoms with Crippen molar-refractivity contribution in [2.24, 2.45) is 0 Å². The maximum absolute atomic E-state index is 12.9. The molecule has 17 heavy (non-hydrogen) atoms. The van der Waals surface area contributed by atoms with Crippen LogP contribution in [-0.4, -0.2) is 0 Å². The van der Waals surface area contributed by atoms with Crippen LogP contribution in [0.3, 0.4) is 0 Å². The van der Waals surface area contributed by atoms with Gasteiger partial charge in [0.2, 0.25) is 0 Å². The molecule has 0 bridgehead atoms. The van der Waals surface area contributed by atoms with Crippen LogP contribution < -0.4 is 5.73 Å². The van der Waals surface area contributed by atoms with E-state index in [1.54, 1.807) is 17.8 Å². The standard InChI is InChI=1S/C13H11ClFNS/c14-10-2-5-12(6-3-10)17-8-9-1-4-11(15)7-13(9)16/h1-7H,8,16H2. The van der Waals surface area contributed by atoms with E-state index in [4.69, 9.17) is 17.3 Å². The largest absolute Gasteiger partial charge is 0.398 e. The Balaban J connectivity index is 2.04. The predicted octanol–water partition coefficient (Wildman–Crippen LogP) is 4.35. The fraction of sp³-hybridized carbons (Fsp3) is 0.0769.